The first kappa shape index (κ1) is 19.1. The second-order valence-corrected chi connectivity index (χ2v) is 6.08. The summed E-state index contributed by atoms with van der Waals surface area (Å²) in [6, 6.07) is 22.9. The SMILES string of the molecule is O=C(NN=Cc1cccc(Oc2ccccc2)c1)C(=O)Nc1ccc(Cl)cc1. The Balaban J connectivity index is 1.55. The number of rotatable bonds is 5. The van der Waals surface area contributed by atoms with Gasteiger partial charge >= 0.3 is 11.8 Å². The van der Waals surface area contributed by atoms with Crippen molar-refractivity contribution in [3.63, 3.8) is 0 Å². The van der Waals surface area contributed by atoms with Crippen LogP contribution in [0.1, 0.15) is 5.56 Å². The predicted octanol–water partition coefficient (Wildman–Crippen LogP) is 4.22. The second-order valence-electron chi connectivity index (χ2n) is 5.65. The highest BCUT2D eigenvalue weighted by Crippen LogP contribution is 2.21. The number of benzene rings is 3. The Morgan fingerprint density at radius 3 is 2.32 bits per heavy atom. The summed E-state index contributed by atoms with van der Waals surface area (Å²) in [5.74, 6) is -0.380. The van der Waals surface area contributed by atoms with Gasteiger partial charge in [0.2, 0.25) is 0 Å². The van der Waals surface area contributed by atoms with E-state index >= 15 is 0 Å². The van der Waals surface area contributed by atoms with Gasteiger partial charge in [-0.05, 0) is 54.1 Å². The number of amides is 2. The van der Waals surface area contributed by atoms with Crippen molar-refractivity contribution in [1.29, 1.82) is 0 Å². The average molecular weight is 394 g/mol. The van der Waals surface area contributed by atoms with E-state index in [0.717, 1.165) is 0 Å². The number of carbonyl (C=O) groups is 2. The molecule has 0 bridgehead atoms. The zero-order valence-electron chi connectivity index (χ0n) is 14.6. The van der Waals surface area contributed by atoms with Crippen LogP contribution in [0.25, 0.3) is 0 Å². The Morgan fingerprint density at radius 1 is 0.857 bits per heavy atom. The Hall–Kier alpha value is -3.64. The molecule has 0 fully saturated rings. The molecule has 3 aromatic rings. The molecule has 0 heterocycles. The van der Waals surface area contributed by atoms with Gasteiger partial charge in [0.05, 0.1) is 6.21 Å². The largest absolute Gasteiger partial charge is 0.457 e. The Morgan fingerprint density at radius 2 is 1.57 bits per heavy atom. The lowest BCUT2D eigenvalue weighted by Crippen LogP contribution is -2.32. The van der Waals surface area contributed by atoms with E-state index in [0.29, 0.717) is 27.8 Å². The number of halogens is 1. The minimum atomic E-state index is -0.886. The molecule has 3 rings (SSSR count). The van der Waals surface area contributed by atoms with Crippen molar-refractivity contribution in [3.05, 3.63) is 89.4 Å². The number of hydrazone groups is 1. The maximum Gasteiger partial charge on any atom is 0.329 e. The zero-order chi connectivity index (χ0) is 19.8. The van der Waals surface area contributed by atoms with Crippen molar-refractivity contribution in [3.8, 4) is 11.5 Å². The number of ether oxygens (including phenoxy) is 1. The van der Waals surface area contributed by atoms with E-state index in [9.17, 15) is 9.59 Å². The van der Waals surface area contributed by atoms with Crippen LogP contribution >= 0.6 is 11.6 Å². The summed E-state index contributed by atoms with van der Waals surface area (Å²) >= 11 is 5.77. The summed E-state index contributed by atoms with van der Waals surface area (Å²) in [5, 5.41) is 6.79. The highest BCUT2D eigenvalue weighted by molar-refractivity contribution is 6.39. The lowest BCUT2D eigenvalue weighted by molar-refractivity contribution is -0.136. The lowest BCUT2D eigenvalue weighted by Gasteiger charge is -2.06. The molecule has 0 saturated heterocycles. The fourth-order valence-electron chi connectivity index (χ4n) is 2.22. The van der Waals surface area contributed by atoms with E-state index in [4.69, 9.17) is 16.3 Å². The van der Waals surface area contributed by atoms with Gasteiger partial charge in [-0.1, -0.05) is 41.9 Å². The molecule has 0 aliphatic rings. The summed E-state index contributed by atoms with van der Waals surface area (Å²) in [6.45, 7) is 0. The van der Waals surface area contributed by atoms with Crippen molar-refractivity contribution >= 4 is 35.3 Å². The van der Waals surface area contributed by atoms with E-state index < -0.39 is 11.8 Å². The van der Waals surface area contributed by atoms with E-state index in [1.165, 1.54) is 6.21 Å². The second kappa shape index (κ2) is 9.34. The molecule has 28 heavy (non-hydrogen) atoms. The first-order valence-electron chi connectivity index (χ1n) is 8.33. The Labute approximate surface area is 166 Å². The normalized spacial score (nSPS) is 10.5. The minimum Gasteiger partial charge on any atom is -0.457 e. The topological polar surface area (TPSA) is 79.8 Å². The van der Waals surface area contributed by atoms with Crippen molar-refractivity contribution in [2.24, 2.45) is 5.10 Å². The highest BCUT2D eigenvalue weighted by atomic mass is 35.5. The summed E-state index contributed by atoms with van der Waals surface area (Å²) in [6.07, 6.45) is 1.42. The smallest absolute Gasteiger partial charge is 0.329 e. The van der Waals surface area contributed by atoms with Crippen molar-refractivity contribution in [2.45, 2.75) is 0 Å². The summed E-state index contributed by atoms with van der Waals surface area (Å²) in [7, 11) is 0. The molecule has 7 heteroatoms. The Kier molecular flexibility index (Phi) is 6.38. The number of anilines is 1. The van der Waals surface area contributed by atoms with Gasteiger partial charge in [0, 0.05) is 10.7 Å². The highest BCUT2D eigenvalue weighted by Gasteiger charge is 2.12. The molecule has 0 aromatic heterocycles. The number of nitrogens with zero attached hydrogens (tertiary/aromatic N) is 1. The first-order valence-corrected chi connectivity index (χ1v) is 8.71. The van der Waals surface area contributed by atoms with E-state index in [2.05, 4.69) is 15.8 Å². The molecule has 0 aliphatic heterocycles. The maximum atomic E-state index is 11.8. The van der Waals surface area contributed by atoms with Gasteiger partial charge in [-0.15, -0.1) is 0 Å². The van der Waals surface area contributed by atoms with Gasteiger partial charge < -0.3 is 10.1 Å². The van der Waals surface area contributed by atoms with Crippen LogP contribution in [0, 0.1) is 0 Å². The van der Waals surface area contributed by atoms with Gasteiger partial charge in [0.25, 0.3) is 0 Å². The minimum absolute atomic E-state index is 0.458. The maximum absolute atomic E-state index is 11.8. The van der Waals surface area contributed by atoms with Gasteiger partial charge in [0.1, 0.15) is 11.5 Å². The predicted molar refractivity (Wildman–Crippen MR) is 109 cm³/mol. The molecule has 140 valence electrons. The summed E-state index contributed by atoms with van der Waals surface area (Å²) < 4.78 is 5.74. The molecule has 0 radical (unpaired) electrons. The van der Waals surface area contributed by atoms with Crippen molar-refractivity contribution in [1.82, 2.24) is 5.43 Å². The number of hydrogen-bond acceptors (Lipinski definition) is 4. The van der Waals surface area contributed by atoms with Gasteiger partial charge in [0.15, 0.2) is 0 Å². The van der Waals surface area contributed by atoms with Crippen LogP contribution in [-0.2, 0) is 9.59 Å². The van der Waals surface area contributed by atoms with Crippen LogP contribution in [0.4, 0.5) is 5.69 Å². The number of carbonyl (C=O) groups excluding carboxylic acids is 2. The first-order chi connectivity index (χ1) is 13.6. The lowest BCUT2D eigenvalue weighted by atomic mass is 10.2. The van der Waals surface area contributed by atoms with Crippen LogP contribution in [0.3, 0.4) is 0 Å². The van der Waals surface area contributed by atoms with Gasteiger partial charge in [-0.3, -0.25) is 9.59 Å². The van der Waals surface area contributed by atoms with E-state index in [-0.39, 0.29) is 0 Å². The molecule has 2 N–H and O–H groups in total. The van der Waals surface area contributed by atoms with E-state index in [1.54, 1.807) is 42.5 Å². The third-order valence-corrected chi connectivity index (χ3v) is 3.78. The van der Waals surface area contributed by atoms with E-state index in [1.807, 2.05) is 36.4 Å². The third-order valence-electron chi connectivity index (χ3n) is 3.53. The van der Waals surface area contributed by atoms with Crippen LogP contribution in [0.15, 0.2) is 84.0 Å². The Bertz CT molecular complexity index is 989. The van der Waals surface area contributed by atoms with Gasteiger partial charge in [-0.2, -0.15) is 5.10 Å². The molecule has 6 nitrogen and oxygen atoms in total. The van der Waals surface area contributed by atoms with Crippen LogP contribution in [-0.4, -0.2) is 18.0 Å². The monoisotopic (exact) mass is 393 g/mol. The van der Waals surface area contributed by atoms with Gasteiger partial charge in [-0.25, -0.2) is 5.43 Å². The molecular formula is C21H16ClN3O3. The fraction of sp³-hybridized carbons (Fsp3) is 0. The molecule has 0 atom stereocenters. The molecule has 0 unspecified atom stereocenters. The standard InChI is InChI=1S/C21H16ClN3O3/c22-16-9-11-17(12-10-16)24-20(26)21(27)25-23-14-15-5-4-8-19(13-15)28-18-6-2-1-3-7-18/h1-14H,(H,24,26)(H,25,27). The molecule has 0 saturated carbocycles. The van der Waals surface area contributed by atoms with Crippen LogP contribution in [0.5, 0.6) is 11.5 Å². The summed E-state index contributed by atoms with van der Waals surface area (Å²) in [5.41, 5.74) is 3.34. The molecular weight excluding hydrogens is 378 g/mol. The molecule has 2 amide bonds. The quantitative estimate of drug-likeness (QED) is 0.387. The van der Waals surface area contributed by atoms with Crippen molar-refractivity contribution in [2.75, 3.05) is 5.32 Å². The van der Waals surface area contributed by atoms with Crippen LogP contribution in [0.2, 0.25) is 5.02 Å². The molecule has 3 aromatic carbocycles. The van der Waals surface area contributed by atoms with Crippen LogP contribution < -0.4 is 15.5 Å². The number of hydrogen-bond donors (Lipinski definition) is 2. The summed E-state index contributed by atoms with van der Waals surface area (Å²) in [4.78, 5) is 23.7. The van der Waals surface area contributed by atoms with Crippen molar-refractivity contribution < 1.29 is 14.3 Å². The third kappa shape index (κ3) is 5.69. The number of para-hydroxylation sites is 1. The molecule has 0 spiro atoms. The zero-order valence-corrected chi connectivity index (χ0v) is 15.4. The fourth-order valence-corrected chi connectivity index (χ4v) is 2.35. The average Bonchev–Trinajstić information content (AvgIpc) is 2.71. The number of nitrogens with one attached hydrogen (secondary N) is 2. The molecule has 0 aliphatic carbocycles.